The second-order valence-corrected chi connectivity index (χ2v) is 5.26. The highest BCUT2D eigenvalue weighted by molar-refractivity contribution is 7.89. The van der Waals surface area contributed by atoms with Crippen LogP contribution >= 0.6 is 0 Å². The van der Waals surface area contributed by atoms with Gasteiger partial charge in [0.1, 0.15) is 0 Å². The van der Waals surface area contributed by atoms with Gasteiger partial charge in [-0.25, -0.2) is 8.42 Å². The molecule has 0 saturated carbocycles. The molecule has 0 aliphatic carbocycles. The number of nitrogens with zero attached hydrogens (tertiary/aromatic N) is 1. The van der Waals surface area contributed by atoms with Crippen LogP contribution in [-0.2, 0) is 10.0 Å². The van der Waals surface area contributed by atoms with Gasteiger partial charge >= 0.3 is 0 Å². The molecule has 4 nitrogen and oxygen atoms in total. The fourth-order valence-corrected chi connectivity index (χ4v) is 3.29. The topological polar surface area (TPSA) is 54.5 Å². The zero-order valence-corrected chi connectivity index (χ0v) is 9.12. The molecule has 80 valence electrons. The molecule has 0 saturated heterocycles. The van der Waals surface area contributed by atoms with Gasteiger partial charge in [0, 0.05) is 12.1 Å². The molecule has 0 amide bonds. The lowest BCUT2D eigenvalue weighted by Crippen LogP contribution is -2.40. The van der Waals surface area contributed by atoms with Crippen LogP contribution in [0.25, 0.3) is 0 Å². The Bertz CT molecular complexity index is 507. The van der Waals surface area contributed by atoms with E-state index in [1.807, 2.05) is 0 Å². The molecule has 0 fully saturated rings. The van der Waals surface area contributed by atoms with Gasteiger partial charge in [0.15, 0.2) is 5.78 Å². The van der Waals surface area contributed by atoms with Crippen LogP contribution in [0.5, 0.6) is 0 Å². The molecule has 0 bridgehead atoms. The summed E-state index contributed by atoms with van der Waals surface area (Å²) in [5.41, 5.74) is 0.308. The molecule has 15 heavy (non-hydrogen) atoms. The van der Waals surface area contributed by atoms with Crippen molar-refractivity contribution in [1.82, 2.24) is 4.31 Å². The molecule has 1 aliphatic rings. The van der Waals surface area contributed by atoms with E-state index in [9.17, 15) is 13.2 Å². The van der Waals surface area contributed by atoms with Crippen LogP contribution in [0.4, 0.5) is 0 Å². The number of ketones is 1. The highest BCUT2D eigenvalue weighted by atomic mass is 32.2. The molecule has 0 atom stereocenters. The van der Waals surface area contributed by atoms with Gasteiger partial charge in [0.2, 0.25) is 10.0 Å². The van der Waals surface area contributed by atoms with Crippen LogP contribution in [0.15, 0.2) is 29.2 Å². The first-order valence-electron chi connectivity index (χ1n) is 4.69. The van der Waals surface area contributed by atoms with E-state index in [-0.39, 0.29) is 17.2 Å². The lowest BCUT2D eigenvalue weighted by atomic mass is 10.1. The van der Waals surface area contributed by atoms with Crippen LogP contribution < -0.4 is 0 Å². The summed E-state index contributed by atoms with van der Waals surface area (Å²) >= 11 is 0. The van der Waals surface area contributed by atoms with Gasteiger partial charge in [0.05, 0.1) is 11.4 Å². The van der Waals surface area contributed by atoms with Crippen molar-refractivity contribution in [3.8, 4) is 0 Å². The van der Waals surface area contributed by atoms with Crippen molar-refractivity contribution in [2.45, 2.75) is 11.8 Å². The van der Waals surface area contributed by atoms with E-state index >= 15 is 0 Å². The van der Waals surface area contributed by atoms with Crippen LogP contribution in [0.3, 0.4) is 0 Å². The largest absolute Gasteiger partial charge is 0.293 e. The first kappa shape index (κ1) is 10.3. The molecule has 0 unspecified atom stereocenters. The molecule has 1 aromatic carbocycles. The smallest absolute Gasteiger partial charge is 0.244 e. The summed E-state index contributed by atoms with van der Waals surface area (Å²) in [6.07, 6.45) is 0. The van der Waals surface area contributed by atoms with E-state index in [0.717, 1.165) is 0 Å². The zero-order valence-electron chi connectivity index (χ0n) is 8.30. The molecule has 0 aromatic heterocycles. The second-order valence-electron chi connectivity index (χ2n) is 3.35. The van der Waals surface area contributed by atoms with E-state index in [0.29, 0.717) is 12.1 Å². The predicted octanol–water partition coefficient (Wildman–Crippen LogP) is 0.894. The fourth-order valence-electron chi connectivity index (χ4n) is 1.67. The monoisotopic (exact) mass is 225 g/mol. The molecule has 0 N–H and O–H groups in total. The summed E-state index contributed by atoms with van der Waals surface area (Å²) in [5, 5.41) is 0. The van der Waals surface area contributed by atoms with E-state index < -0.39 is 10.0 Å². The lowest BCUT2D eigenvalue weighted by Gasteiger charge is -2.25. The number of benzene rings is 1. The van der Waals surface area contributed by atoms with Gasteiger partial charge in [-0.15, -0.1) is 0 Å². The van der Waals surface area contributed by atoms with Crippen molar-refractivity contribution in [2.75, 3.05) is 13.1 Å². The minimum atomic E-state index is -3.45. The number of rotatable bonds is 1. The van der Waals surface area contributed by atoms with Crippen molar-refractivity contribution >= 4 is 15.8 Å². The Morgan fingerprint density at radius 2 is 2.00 bits per heavy atom. The number of carbonyl (C=O) groups is 1. The van der Waals surface area contributed by atoms with Crippen molar-refractivity contribution in [1.29, 1.82) is 0 Å². The summed E-state index contributed by atoms with van der Waals surface area (Å²) in [7, 11) is -3.45. The molecular weight excluding hydrogens is 214 g/mol. The molecule has 1 aliphatic heterocycles. The Morgan fingerprint density at radius 1 is 1.33 bits per heavy atom. The number of hydrogen-bond acceptors (Lipinski definition) is 3. The molecule has 1 heterocycles. The lowest BCUT2D eigenvalue weighted by molar-refractivity contribution is 0.0957. The maximum absolute atomic E-state index is 12.0. The van der Waals surface area contributed by atoms with E-state index in [1.54, 1.807) is 25.1 Å². The number of carbonyl (C=O) groups excluding carboxylic acids is 1. The third kappa shape index (κ3) is 1.48. The normalized spacial score (nSPS) is 19.9. The van der Waals surface area contributed by atoms with Gasteiger partial charge in [-0.2, -0.15) is 4.31 Å². The summed E-state index contributed by atoms with van der Waals surface area (Å²) in [6.45, 7) is 2.00. The Labute approximate surface area is 88.6 Å². The Kier molecular flexibility index (Phi) is 2.36. The predicted molar refractivity (Wildman–Crippen MR) is 55.2 cm³/mol. The van der Waals surface area contributed by atoms with Crippen molar-refractivity contribution < 1.29 is 13.2 Å². The maximum atomic E-state index is 12.0. The molecule has 5 heteroatoms. The number of sulfonamides is 1. The summed E-state index contributed by atoms with van der Waals surface area (Å²) in [4.78, 5) is 11.8. The summed E-state index contributed by atoms with van der Waals surface area (Å²) < 4.78 is 25.1. The van der Waals surface area contributed by atoms with Crippen molar-refractivity contribution in [3.63, 3.8) is 0 Å². The SMILES string of the molecule is CCN1CC(=O)c2ccccc2S1(=O)=O. The minimum Gasteiger partial charge on any atom is -0.293 e. The number of Topliss-reactive ketones (excluding diaryl/α,β-unsaturated/α-hetero) is 1. The Hall–Kier alpha value is -1.20. The third-order valence-electron chi connectivity index (χ3n) is 2.48. The fraction of sp³-hybridized carbons (Fsp3) is 0.300. The average Bonchev–Trinajstić information content (AvgIpc) is 2.24. The zero-order chi connectivity index (χ0) is 11.1. The van der Waals surface area contributed by atoms with Crippen molar-refractivity contribution in [2.24, 2.45) is 0 Å². The molecular formula is C10H11NO3S. The number of hydrogen-bond donors (Lipinski definition) is 0. The van der Waals surface area contributed by atoms with Gasteiger partial charge in [-0.05, 0) is 12.1 Å². The maximum Gasteiger partial charge on any atom is 0.244 e. The van der Waals surface area contributed by atoms with E-state index in [1.165, 1.54) is 10.4 Å². The van der Waals surface area contributed by atoms with Crippen molar-refractivity contribution in [3.05, 3.63) is 29.8 Å². The molecule has 1 aromatic rings. The Morgan fingerprint density at radius 3 is 2.67 bits per heavy atom. The summed E-state index contributed by atoms with van der Waals surface area (Å²) in [6, 6.07) is 6.34. The third-order valence-corrected chi connectivity index (χ3v) is 4.46. The second kappa shape index (κ2) is 3.43. The average molecular weight is 225 g/mol. The minimum absolute atomic E-state index is 0.0458. The number of likely N-dealkylation sites (N-methyl/N-ethyl adjacent to an activating group) is 1. The van der Waals surface area contributed by atoms with Crippen LogP contribution in [0.1, 0.15) is 17.3 Å². The Balaban J connectivity index is 2.68. The quantitative estimate of drug-likeness (QED) is 0.713. The van der Waals surface area contributed by atoms with Gasteiger partial charge in [-0.3, -0.25) is 4.79 Å². The molecule has 2 rings (SSSR count). The first-order chi connectivity index (χ1) is 7.07. The highest BCUT2D eigenvalue weighted by Gasteiger charge is 2.34. The molecule has 0 spiro atoms. The summed E-state index contributed by atoms with van der Waals surface area (Å²) in [5.74, 6) is -0.137. The van der Waals surface area contributed by atoms with Crippen LogP contribution in [0, 0.1) is 0 Å². The van der Waals surface area contributed by atoms with Gasteiger partial charge in [0.25, 0.3) is 0 Å². The van der Waals surface area contributed by atoms with Gasteiger partial charge in [-0.1, -0.05) is 19.1 Å². The highest BCUT2D eigenvalue weighted by Crippen LogP contribution is 2.25. The number of fused-ring (bicyclic) bond motifs is 1. The van der Waals surface area contributed by atoms with E-state index in [4.69, 9.17) is 0 Å². The first-order valence-corrected chi connectivity index (χ1v) is 6.13. The van der Waals surface area contributed by atoms with Crippen LogP contribution in [-0.4, -0.2) is 31.6 Å². The van der Waals surface area contributed by atoms with Crippen LogP contribution in [0.2, 0.25) is 0 Å². The van der Waals surface area contributed by atoms with Gasteiger partial charge < -0.3 is 0 Å². The van der Waals surface area contributed by atoms with E-state index in [2.05, 4.69) is 0 Å². The molecule has 0 radical (unpaired) electrons. The standard InChI is InChI=1S/C10H11NO3S/c1-2-11-7-9(12)8-5-3-4-6-10(8)15(11,13)14/h3-6H,2,7H2,1H3.